The maximum atomic E-state index is 13.6. The molecular formula is C28H28N2O2S. The van der Waals surface area contributed by atoms with Crippen LogP contribution in [-0.2, 0) is 11.3 Å². The van der Waals surface area contributed by atoms with Crippen LogP contribution in [0.2, 0.25) is 0 Å². The molecule has 0 aliphatic carbocycles. The van der Waals surface area contributed by atoms with Crippen molar-refractivity contribution in [2.24, 2.45) is 0 Å². The number of benzene rings is 3. The summed E-state index contributed by atoms with van der Waals surface area (Å²) in [6.07, 6.45) is 2.81. The van der Waals surface area contributed by atoms with Crippen LogP contribution in [0.5, 0.6) is 0 Å². The molecule has 0 atom stereocenters. The second kappa shape index (κ2) is 10.1. The number of carbonyl (C=O) groups is 2. The van der Waals surface area contributed by atoms with Crippen LogP contribution in [0.1, 0.15) is 46.0 Å². The Balaban J connectivity index is 1.63. The Bertz CT molecular complexity index is 1210. The molecule has 2 amide bonds. The van der Waals surface area contributed by atoms with E-state index in [1.807, 2.05) is 48.2 Å². The van der Waals surface area contributed by atoms with E-state index in [2.05, 4.69) is 43.4 Å². The molecule has 0 fully saturated rings. The van der Waals surface area contributed by atoms with E-state index in [4.69, 9.17) is 0 Å². The normalized spacial score (nSPS) is 14.3. The van der Waals surface area contributed by atoms with E-state index in [1.54, 1.807) is 12.1 Å². The van der Waals surface area contributed by atoms with Gasteiger partial charge in [0.2, 0.25) is 0 Å². The number of fused-ring (bicyclic) bond motifs is 1. The van der Waals surface area contributed by atoms with Gasteiger partial charge in [0.05, 0.1) is 17.1 Å². The quantitative estimate of drug-likeness (QED) is 0.454. The molecule has 0 bridgehead atoms. The van der Waals surface area contributed by atoms with Crippen molar-refractivity contribution in [3.63, 3.8) is 0 Å². The fraction of sp³-hybridized carbons (Fsp3) is 0.214. The first kappa shape index (κ1) is 22.9. The summed E-state index contributed by atoms with van der Waals surface area (Å²) < 4.78 is 0. The predicted octanol–water partition coefficient (Wildman–Crippen LogP) is 6.12. The molecule has 33 heavy (non-hydrogen) atoms. The third-order valence-corrected chi connectivity index (χ3v) is 6.75. The molecule has 3 aromatic rings. The Kier molecular flexibility index (Phi) is 6.99. The molecule has 168 valence electrons. The molecule has 4 rings (SSSR count). The minimum Gasteiger partial charge on any atom is -0.352 e. The van der Waals surface area contributed by atoms with Crippen molar-refractivity contribution < 1.29 is 9.59 Å². The maximum absolute atomic E-state index is 13.6. The highest BCUT2D eigenvalue weighted by Crippen LogP contribution is 2.42. The summed E-state index contributed by atoms with van der Waals surface area (Å²) in [5, 5.41) is 2.89. The number of thioether (sulfide) groups is 1. The highest BCUT2D eigenvalue weighted by atomic mass is 32.2. The van der Waals surface area contributed by atoms with E-state index >= 15 is 0 Å². The third kappa shape index (κ3) is 5.20. The molecule has 1 heterocycles. The second-order valence-electron chi connectivity index (χ2n) is 8.28. The molecule has 1 N–H and O–H groups in total. The molecule has 0 spiro atoms. The predicted molar refractivity (Wildman–Crippen MR) is 136 cm³/mol. The fourth-order valence-corrected chi connectivity index (χ4v) is 4.84. The van der Waals surface area contributed by atoms with E-state index in [0.717, 1.165) is 28.1 Å². The van der Waals surface area contributed by atoms with Crippen LogP contribution in [0.4, 0.5) is 5.69 Å². The van der Waals surface area contributed by atoms with Gasteiger partial charge in [-0.05, 0) is 67.3 Å². The lowest BCUT2D eigenvalue weighted by molar-refractivity contribution is -0.114. The van der Waals surface area contributed by atoms with Crippen molar-refractivity contribution in [3.8, 4) is 0 Å². The minimum atomic E-state index is -0.0761. The molecule has 0 radical (unpaired) electrons. The molecule has 5 heteroatoms. The molecule has 4 nitrogen and oxygen atoms in total. The van der Waals surface area contributed by atoms with Crippen molar-refractivity contribution in [3.05, 3.63) is 99.5 Å². The first-order valence-electron chi connectivity index (χ1n) is 11.2. The van der Waals surface area contributed by atoms with Gasteiger partial charge in [0.1, 0.15) is 0 Å². The molecule has 0 aromatic heterocycles. The van der Waals surface area contributed by atoms with E-state index in [-0.39, 0.29) is 11.8 Å². The number of para-hydroxylation sites is 1. The summed E-state index contributed by atoms with van der Waals surface area (Å²) >= 11 is 1.49. The summed E-state index contributed by atoms with van der Waals surface area (Å²) in [5.41, 5.74) is 5.95. The molecular weight excluding hydrogens is 428 g/mol. The minimum absolute atomic E-state index is 0.00984. The lowest BCUT2D eigenvalue weighted by atomic mass is 10.0. The average Bonchev–Trinajstić information content (AvgIpc) is 2.82. The van der Waals surface area contributed by atoms with Crippen molar-refractivity contribution in [2.75, 3.05) is 11.4 Å². The van der Waals surface area contributed by atoms with Crippen LogP contribution >= 0.6 is 11.8 Å². The standard InChI is InChI=1S/C28H28N2O2S/c1-4-15-29-27(31)22-13-11-21(12-14-22)17-26-28(32)30(24-7-5-6-8-25(24)33-26)18-23-16-19(2)9-10-20(23)3/h5-14,16-17H,4,15,18H2,1-3H3,(H,29,31). The lowest BCUT2D eigenvalue weighted by Gasteiger charge is -2.31. The topological polar surface area (TPSA) is 49.4 Å². The fourth-order valence-electron chi connectivity index (χ4n) is 3.78. The zero-order chi connectivity index (χ0) is 23.4. The van der Waals surface area contributed by atoms with Crippen molar-refractivity contribution >= 4 is 35.3 Å². The van der Waals surface area contributed by atoms with Gasteiger partial charge in [-0.15, -0.1) is 0 Å². The van der Waals surface area contributed by atoms with Gasteiger partial charge in [-0.25, -0.2) is 0 Å². The first-order chi connectivity index (χ1) is 16.0. The Hall–Kier alpha value is -3.31. The number of hydrogen-bond donors (Lipinski definition) is 1. The third-order valence-electron chi connectivity index (χ3n) is 5.67. The summed E-state index contributed by atoms with van der Waals surface area (Å²) in [4.78, 5) is 29.3. The Morgan fingerprint density at radius 2 is 1.79 bits per heavy atom. The number of hydrogen-bond acceptors (Lipinski definition) is 3. The SMILES string of the molecule is CCCNC(=O)c1ccc(C=C2Sc3ccccc3N(Cc3cc(C)ccc3C)C2=O)cc1. The van der Waals surface area contributed by atoms with Crippen molar-refractivity contribution in [1.29, 1.82) is 0 Å². The molecule has 3 aromatic carbocycles. The van der Waals surface area contributed by atoms with Crippen LogP contribution in [0.3, 0.4) is 0 Å². The number of anilines is 1. The Labute approximate surface area is 199 Å². The lowest BCUT2D eigenvalue weighted by Crippen LogP contribution is -2.34. The Morgan fingerprint density at radius 3 is 2.55 bits per heavy atom. The smallest absolute Gasteiger partial charge is 0.265 e. The second-order valence-corrected chi connectivity index (χ2v) is 9.36. The van der Waals surface area contributed by atoms with Gasteiger partial charge in [0, 0.05) is 17.0 Å². The van der Waals surface area contributed by atoms with Gasteiger partial charge < -0.3 is 10.2 Å². The summed E-state index contributed by atoms with van der Waals surface area (Å²) in [5.74, 6) is -0.0860. The van der Waals surface area contributed by atoms with E-state index < -0.39 is 0 Å². The van der Waals surface area contributed by atoms with Crippen LogP contribution in [-0.4, -0.2) is 18.4 Å². The van der Waals surface area contributed by atoms with Crippen molar-refractivity contribution in [2.45, 2.75) is 38.6 Å². The van der Waals surface area contributed by atoms with Crippen LogP contribution < -0.4 is 10.2 Å². The van der Waals surface area contributed by atoms with E-state index in [1.165, 1.54) is 22.9 Å². The average molecular weight is 457 g/mol. The van der Waals surface area contributed by atoms with Crippen molar-refractivity contribution in [1.82, 2.24) is 5.32 Å². The van der Waals surface area contributed by atoms with Gasteiger partial charge in [-0.3, -0.25) is 9.59 Å². The number of carbonyl (C=O) groups excluding carboxylic acids is 2. The van der Waals surface area contributed by atoms with Gasteiger partial charge >= 0.3 is 0 Å². The molecule has 0 saturated heterocycles. The summed E-state index contributed by atoms with van der Waals surface area (Å²) in [6, 6.07) is 21.8. The van der Waals surface area contributed by atoms with Crippen LogP contribution in [0, 0.1) is 13.8 Å². The highest BCUT2D eigenvalue weighted by Gasteiger charge is 2.29. The zero-order valence-corrected chi connectivity index (χ0v) is 20.0. The number of aryl methyl sites for hydroxylation is 2. The number of rotatable bonds is 6. The molecule has 0 unspecified atom stereocenters. The van der Waals surface area contributed by atoms with Crippen LogP contribution in [0.15, 0.2) is 76.5 Å². The Morgan fingerprint density at radius 1 is 1.03 bits per heavy atom. The molecule has 1 aliphatic rings. The molecule has 1 aliphatic heterocycles. The summed E-state index contributed by atoms with van der Waals surface area (Å²) in [6.45, 7) is 7.36. The van der Waals surface area contributed by atoms with Crippen LogP contribution in [0.25, 0.3) is 6.08 Å². The van der Waals surface area contributed by atoms with Gasteiger partial charge in [0.15, 0.2) is 0 Å². The molecule has 0 saturated carbocycles. The summed E-state index contributed by atoms with van der Waals surface area (Å²) in [7, 11) is 0. The highest BCUT2D eigenvalue weighted by molar-refractivity contribution is 8.04. The largest absolute Gasteiger partial charge is 0.352 e. The number of amides is 2. The van der Waals surface area contributed by atoms with Gasteiger partial charge in [-0.1, -0.05) is 66.7 Å². The first-order valence-corrected chi connectivity index (χ1v) is 12.0. The van der Waals surface area contributed by atoms with E-state index in [9.17, 15) is 9.59 Å². The number of nitrogens with one attached hydrogen (secondary N) is 1. The van der Waals surface area contributed by atoms with E-state index in [0.29, 0.717) is 23.6 Å². The zero-order valence-electron chi connectivity index (χ0n) is 19.2. The number of nitrogens with zero attached hydrogens (tertiary/aromatic N) is 1. The van der Waals surface area contributed by atoms with Gasteiger partial charge in [-0.2, -0.15) is 0 Å². The monoisotopic (exact) mass is 456 g/mol. The maximum Gasteiger partial charge on any atom is 0.265 e. The van der Waals surface area contributed by atoms with Gasteiger partial charge in [0.25, 0.3) is 11.8 Å².